The van der Waals surface area contributed by atoms with Gasteiger partial charge in [-0.25, -0.2) is 0 Å². The second-order valence-corrected chi connectivity index (χ2v) is 8.84. The van der Waals surface area contributed by atoms with Gasteiger partial charge < -0.3 is 9.80 Å². The van der Waals surface area contributed by atoms with Crippen molar-refractivity contribution in [3.05, 3.63) is 72.0 Å². The van der Waals surface area contributed by atoms with Crippen LogP contribution in [0.15, 0.2) is 72.0 Å². The quantitative estimate of drug-likeness (QED) is 0.622. The highest BCUT2D eigenvalue weighted by Crippen LogP contribution is 2.50. The van der Waals surface area contributed by atoms with Gasteiger partial charge in [-0.2, -0.15) is 0 Å². The monoisotopic (exact) mass is 386 g/mol. The van der Waals surface area contributed by atoms with E-state index in [-0.39, 0.29) is 23.0 Å². The van der Waals surface area contributed by atoms with Crippen LogP contribution < -0.4 is 9.80 Å². The summed E-state index contributed by atoms with van der Waals surface area (Å²) in [7, 11) is 0. The molecule has 0 bridgehead atoms. The summed E-state index contributed by atoms with van der Waals surface area (Å²) in [5.74, 6) is -0.245. The minimum absolute atomic E-state index is 0.103. The summed E-state index contributed by atoms with van der Waals surface area (Å²) < 4.78 is 0. The van der Waals surface area contributed by atoms with Crippen LogP contribution >= 0.6 is 0 Å². The first-order chi connectivity index (χ1) is 13.7. The standard InChI is InChI=1S/C25H26N2O2/c1-16(2)26-18-10-6-8-12-20(18)27(21-13-9-7-11-19(21)26)22-15-23(28)17(14-24(22)29)25(3,4)5/h6-16H,1-5H3. The van der Waals surface area contributed by atoms with Crippen LogP contribution in [0.2, 0.25) is 0 Å². The molecule has 0 saturated carbocycles. The largest absolute Gasteiger partial charge is 0.336 e. The van der Waals surface area contributed by atoms with E-state index in [9.17, 15) is 9.59 Å². The third-order valence-electron chi connectivity index (χ3n) is 5.39. The van der Waals surface area contributed by atoms with E-state index in [4.69, 9.17) is 0 Å². The van der Waals surface area contributed by atoms with Gasteiger partial charge in [0.1, 0.15) is 0 Å². The van der Waals surface area contributed by atoms with Crippen LogP contribution in [-0.2, 0) is 9.59 Å². The number of nitrogens with zero attached hydrogens (tertiary/aromatic N) is 2. The zero-order valence-corrected chi connectivity index (χ0v) is 17.6. The smallest absolute Gasteiger partial charge is 0.203 e. The predicted molar refractivity (Wildman–Crippen MR) is 118 cm³/mol. The number of carbonyl (C=O) groups excluding carboxylic acids is 2. The van der Waals surface area contributed by atoms with E-state index in [1.165, 1.54) is 12.2 Å². The van der Waals surface area contributed by atoms with E-state index in [0.29, 0.717) is 11.3 Å². The number of benzene rings is 2. The molecule has 4 nitrogen and oxygen atoms in total. The van der Waals surface area contributed by atoms with Crippen molar-refractivity contribution in [2.45, 2.75) is 40.7 Å². The summed E-state index contributed by atoms with van der Waals surface area (Å²) in [5.41, 5.74) is 4.42. The molecule has 2 aromatic carbocycles. The minimum atomic E-state index is -0.374. The van der Waals surface area contributed by atoms with Gasteiger partial charge in [0, 0.05) is 17.7 Å². The molecular formula is C25H26N2O2. The molecular weight excluding hydrogens is 360 g/mol. The Bertz CT molecular complexity index is 1020. The summed E-state index contributed by atoms with van der Waals surface area (Å²) in [6, 6.07) is 16.3. The molecule has 148 valence electrons. The molecule has 4 heteroatoms. The second kappa shape index (κ2) is 6.73. The molecule has 0 unspecified atom stereocenters. The first kappa shape index (κ1) is 19.2. The van der Waals surface area contributed by atoms with E-state index in [0.717, 1.165) is 22.7 Å². The molecule has 1 heterocycles. The Morgan fingerprint density at radius 1 is 0.724 bits per heavy atom. The van der Waals surface area contributed by atoms with Crippen LogP contribution in [0, 0.1) is 5.41 Å². The molecule has 4 rings (SSSR count). The van der Waals surface area contributed by atoms with Crippen molar-refractivity contribution >= 4 is 34.3 Å². The maximum absolute atomic E-state index is 13.2. The zero-order chi connectivity index (χ0) is 20.9. The number of hydrogen-bond acceptors (Lipinski definition) is 4. The lowest BCUT2D eigenvalue weighted by Crippen LogP contribution is -2.36. The SMILES string of the molecule is CC(C)N1c2ccccc2N(C2=CC(=O)C(C(C)(C)C)=CC2=O)c2ccccc21. The summed E-state index contributed by atoms with van der Waals surface area (Å²) >= 11 is 0. The van der Waals surface area contributed by atoms with E-state index in [1.54, 1.807) is 0 Å². The first-order valence-corrected chi connectivity index (χ1v) is 10.00. The van der Waals surface area contributed by atoms with E-state index < -0.39 is 0 Å². The molecule has 0 radical (unpaired) electrons. The Labute approximate surface area is 172 Å². The fraction of sp³-hybridized carbons (Fsp3) is 0.280. The third-order valence-corrected chi connectivity index (χ3v) is 5.39. The molecule has 1 aliphatic carbocycles. The molecule has 2 aromatic rings. The van der Waals surface area contributed by atoms with Crippen LogP contribution in [-0.4, -0.2) is 17.6 Å². The minimum Gasteiger partial charge on any atom is -0.336 e. The van der Waals surface area contributed by atoms with E-state index in [1.807, 2.05) is 62.1 Å². The number of fused-ring (bicyclic) bond motifs is 2. The Hall–Kier alpha value is -3.14. The first-order valence-electron chi connectivity index (χ1n) is 10.00. The molecule has 1 aliphatic heterocycles. The molecule has 0 aromatic heterocycles. The Balaban J connectivity index is 1.92. The van der Waals surface area contributed by atoms with Crippen molar-refractivity contribution in [1.82, 2.24) is 0 Å². The van der Waals surface area contributed by atoms with Gasteiger partial charge in [-0.1, -0.05) is 45.0 Å². The van der Waals surface area contributed by atoms with Crippen molar-refractivity contribution in [2.75, 3.05) is 9.80 Å². The summed E-state index contributed by atoms with van der Waals surface area (Å²) in [4.78, 5) is 30.3. The zero-order valence-electron chi connectivity index (χ0n) is 17.6. The molecule has 0 saturated heterocycles. The molecule has 0 N–H and O–H groups in total. The molecule has 29 heavy (non-hydrogen) atoms. The van der Waals surface area contributed by atoms with Gasteiger partial charge in [0.05, 0.1) is 28.4 Å². The average molecular weight is 386 g/mol. The number of hydrogen-bond donors (Lipinski definition) is 0. The molecule has 0 atom stereocenters. The number of carbonyl (C=O) groups is 2. The van der Waals surface area contributed by atoms with Crippen LogP contribution in [0.25, 0.3) is 0 Å². The van der Waals surface area contributed by atoms with Gasteiger partial charge in [-0.3, -0.25) is 9.59 Å². The Morgan fingerprint density at radius 2 is 1.21 bits per heavy atom. The molecule has 0 fully saturated rings. The topological polar surface area (TPSA) is 40.6 Å². The van der Waals surface area contributed by atoms with Gasteiger partial charge in [0.15, 0.2) is 5.78 Å². The van der Waals surface area contributed by atoms with Gasteiger partial charge in [-0.05, 0) is 49.6 Å². The maximum Gasteiger partial charge on any atom is 0.203 e. The maximum atomic E-state index is 13.2. The van der Waals surface area contributed by atoms with Crippen molar-refractivity contribution in [1.29, 1.82) is 0 Å². The van der Waals surface area contributed by atoms with Crippen LogP contribution in [0.1, 0.15) is 34.6 Å². The van der Waals surface area contributed by atoms with Crippen LogP contribution in [0.4, 0.5) is 22.7 Å². The lowest BCUT2D eigenvalue weighted by atomic mass is 9.80. The van der Waals surface area contributed by atoms with Crippen LogP contribution in [0.5, 0.6) is 0 Å². The van der Waals surface area contributed by atoms with Gasteiger partial charge in [-0.15, -0.1) is 0 Å². The predicted octanol–water partition coefficient (Wildman–Crippen LogP) is 5.69. The molecule has 0 amide bonds. The lowest BCUT2D eigenvalue weighted by molar-refractivity contribution is -0.115. The number of para-hydroxylation sites is 4. The highest BCUT2D eigenvalue weighted by Gasteiger charge is 2.36. The number of rotatable bonds is 2. The van der Waals surface area contributed by atoms with E-state index >= 15 is 0 Å². The van der Waals surface area contributed by atoms with Crippen molar-refractivity contribution < 1.29 is 9.59 Å². The second-order valence-electron chi connectivity index (χ2n) is 8.84. The Kier molecular flexibility index (Phi) is 4.45. The third kappa shape index (κ3) is 3.09. The van der Waals surface area contributed by atoms with Gasteiger partial charge in [0.2, 0.25) is 5.78 Å². The fourth-order valence-electron chi connectivity index (χ4n) is 4.10. The summed E-state index contributed by atoms with van der Waals surface area (Å²) in [5, 5.41) is 0. The number of ketones is 2. The lowest BCUT2D eigenvalue weighted by Gasteiger charge is -2.42. The van der Waals surface area contributed by atoms with Crippen LogP contribution in [0.3, 0.4) is 0 Å². The Morgan fingerprint density at radius 3 is 1.66 bits per heavy atom. The fourth-order valence-corrected chi connectivity index (χ4v) is 4.10. The number of anilines is 4. The highest BCUT2D eigenvalue weighted by molar-refractivity contribution is 6.23. The van der Waals surface area contributed by atoms with Crippen molar-refractivity contribution in [2.24, 2.45) is 5.41 Å². The highest BCUT2D eigenvalue weighted by atomic mass is 16.1. The average Bonchev–Trinajstić information content (AvgIpc) is 2.66. The van der Waals surface area contributed by atoms with E-state index in [2.05, 4.69) is 30.9 Å². The molecule has 2 aliphatic rings. The number of allylic oxidation sites excluding steroid dienone is 3. The summed E-state index contributed by atoms with van der Waals surface area (Å²) in [6.45, 7) is 10.2. The van der Waals surface area contributed by atoms with Gasteiger partial charge >= 0.3 is 0 Å². The summed E-state index contributed by atoms with van der Waals surface area (Å²) in [6.07, 6.45) is 3.01. The normalized spacial score (nSPS) is 16.5. The van der Waals surface area contributed by atoms with Gasteiger partial charge in [0.25, 0.3) is 0 Å². The van der Waals surface area contributed by atoms with Crippen molar-refractivity contribution in [3.63, 3.8) is 0 Å². The van der Waals surface area contributed by atoms with Crippen molar-refractivity contribution in [3.8, 4) is 0 Å². The molecule has 0 spiro atoms.